The average molecular weight is 323 g/mol. The van der Waals surface area contributed by atoms with E-state index in [2.05, 4.69) is 47.1 Å². The van der Waals surface area contributed by atoms with Gasteiger partial charge in [-0.05, 0) is 24.8 Å². The number of benzene rings is 1. The van der Waals surface area contributed by atoms with Crippen molar-refractivity contribution in [3.8, 4) is 0 Å². The molecule has 1 aromatic rings. The number of hydrogen-bond acceptors (Lipinski definition) is 3. The van der Waals surface area contributed by atoms with E-state index < -0.39 is 0 Å². The quantitative estimate of drug-likeness (QED) is 0.804. The van der Waals surface area contributed by atoms with Crippen LogP contribution in [0.1, 0.15) is 51.0 Å². The number of nitrogens with zero attached hydrogens (tertiary/aromatic N) is 2. The highest BCUT2D eigenvalue weighted by Gasteiger charge is 2.38. The molecule has 122 valence electrons. The topological polar surface area (TPSA) is 24.8 Å². The lowest BCUT2D eigenvalue weighted by Gasteiger charge is -2.42. The highest BCUT2D eigenvalue weighted by Crippen LogP contribution is 2.42. The first kappa shape index (κ1) is 17.3. The summed E-state index contributed by atoms with van der Waals surface area (Å²) < 4.78 is 6.73. The third-order valence-electron chi connectivity index (χ3n) is 4.76. The number of ether oxygens (including phenoxy) is 1. The van der Waals surface area contributed by atoms with Gasteiger partial charge in [0.15, 0.2) is 0 Å². The van der Waals surface area contributed by atoms with Crippen molar-refractivity contribution in [2.45, 2.75) is 57.3 Å². The van der Waals surface area contributed by atoms with Crippen LogP contribution in [0.25, 0.3) is 0 Å². The van der Waals surface area contributed by atoms with E-state index in [-0.39, 0.29) is 24.2 Å². The molecule has 0 spiro atoms. The van der Waals surface area contributed by atoms with Crippen LogP contribution in [0.15, 0.2) is 35.3 Å². The predicted octanol–water partition coefficient (Wildman–Crippen LogP) is 4.36. The van der Waals surface area contributed by atoms with Crippen molar-refractivity contribution in [3.63, 3.8) is 0 Å². The van der Waals surface area contributed by atoms with Gasteiger partial charge in [-0.25, -0.2) is 0 Å². The predicted molar refractivity (Wildman–Crippen MR) is 93.7 cm³/mol. The molecule has 2 aliphatic rings. The summed E-state index contributed by atoms with van der Waals surface area (Å²) in [6.45, 7) is 4.10. The van der Waals surface area contributed by atoms with E-state index in [1.165, 1.54) is 24.8 Å². The van der Waals surface area contributed by atoms with Gasteiger partial charge in [0, 0.05) is 6.54 Å². The molecule has 0 saturated heterocycles. The van der Waals surface area contributed by atoms with E-state index in [4.69, 9.17) is 4.74 Å². The molecule has 1 aromatic carbocycles. The Hall–Kier alpha value is -1.06. The van der Waals surface area contributed by atoms with Crippen LogP contribution in [-0.2, 0) is 10.3 Å². The van der Waals surface area contributed by atoms with Gasteiger partial charge in [0.1, 0.15) is 6.23 Å². The summed E-state index contributed by atoms with van der Waals surface area (Å²) in [6.07, 6.45) is 9.25. The second-order valence-corrected chi connectivity index (χ2v) is 6.16. The molecule has 1 atom stereocenters. The summed E-state index contributed by atoms with van der Waals surface area (Å²) >= 11 is 0. The molecule has 0 amide bonds. The Morgan fingerprint density at radius 1 is 1.18 bits per heavy atom. The summed E-state index contributed by atoms with van der Waals surface area (Å²) in [5.74, 6) is 0. The molecule has 1 saturated carbocycles. The molecule has 1 fully saturated rings. The standard InChI is InChI=1S/C18H26N2O.ClH/c1-2-17(20-14-13-19-15-20)21-18(11-7-4-8-12-18)16-9-5-3-6-10-16;/h3,5-6,9-10,15,17H,2,4,7-8,11-14H2,1H3;1H. The molecular formula is C18H27ClN2O. The maximum atomic E-state index is 6.73. The number of aliphatic imine (C=N–C) groups is 1. The van der Waals surface area contributed by atoms with E-state index in [0.717, 1.165) is 32.4 Å². The van der Waals surface area contributed by atoms with Gasteiger partial charge in [-0.1, -0.05) is 56.5 Å². The van der Waals surface area contributed by atoms with Crippen molar-refractivity contribution in [2.75, 3.05) is 13.1 Å². The number of halogens is 1. The Bertz CT molecular complexity index is 471. The summed E-state index contributed by atoms with van der Waals surface area (Å²) in [7, 11) is 0. The highest BCUT2D eigenvalue weighted by molar-refractivity contribution is 5.85. The van der Waals surface area contributed by atoms with Crippen molar-refractivity contribution in [1.82, 2.24) is 4.90 Å². The van der Waals surface area contributed by atoms with E-state index in [9.17, 15) is 0 Å². The zero-order valence-electron chi connectivity index (χ0n) is 13.4. The van der Waals surface area contributed by atoms with Gasteiger partial charge in [0.25, 0.3) is 0 Å². The summed E-state index contributed by atoms with van der Waals surface area (Å²) in [5, 5.41) is 0. The smallest absolute Gasteiger partial charge is 0.131 e. The van der Waals surface area contributed by atoms with Crippen molar-refractivity contribution < 1.29 is 4.74 Å². The van der Waals surface area contributed by atoms with Crippen LogP contribution < -0.4 is 0 Å². The van der Waals surface area contributed by atoms with Crippen LogP contribution >= 0.6 is 12.4 Å². The molecular weight excluding hydrogens is 296 g/mol. The molecule has 1 aliphatic heterocycles. The minimum absolute atomic E-state index is 0. The summed E-state index contributed by atoms with van der Waals surface area (Å²) in [6, 6.07) is 10.8. The van der Waals surface area contributed by atoms with Gasteiger partial charge in [-0.3, -0.25) is 4.99 Å². The van der Waals surface area contributed by atoms with Crippen molar-refractivity contribution in [2.24, 2.45) is 4.99 Å². The lowest BCUT2D eigenvalue weighted by molar-refractivity contribution is -0.157. The summed E-state index contributed by atoms with van der Waals surface area (Å²) in [5.41, 5.74) is 1.25. The molecule has 1 unspecified atom stereocenters. The highest BCUT2D eigenvalue weighted by atomic mass is 35.5. The molecule has 3 nitrogen and oxygen atoms in total. The minimum atomic E-state index is -0.101. The Morgan fingerprint density at radius 3 is 2.50 bits per heavy atom. The zero-order valence-corrected chi connectivity index (χ0v) is 14.2. The van der Waals surface area contributed by atoms with Crippen LogP contribution in [0.4, 0.5) is 0 Å². The van der Waals surface area contributed by atoms with Crippen LogP contribution in [-0.4, -0.2) is 30.6 Å². The Kier molecular flexibility index (Phi) is 6.27. The maximum absolute atomic E-state index is 6.73. The van der Waals surface area contributed by atoms with Gasteiger partial charge in [0.05, 0.1) is 18.5 Å². The van der Waals surface area contributed by atoms with Crippen molar-refractivity contribution in [1.29, 1.82) is 0 Å². The molecule has 0 aromatic heterocycles. The maximum Gasteiger partial charge on any atom is 0.131 e. The second-order valence-electron chi connectivity index (χ2n) is 6.16. The van der Waals surface area contributed by atoms with Crippen LogP contribution in [0.2, 0.25) is 0 Å². The fourth-order valence-electron chi connectivity index (χ4n) is 3.60. The van der Waals surface area contributed by atoms with Crippen LogP contribution in [0.3, 0.4) is 0 Å². The molecule has 4 heteroatoms. The largest absolute Gasteiger partial charge is 0.347 e. The van der Waals surface area contributed by atoms with Gasteiger partial charge >= 0.3 is 0 Å². The molecule has 0 N–H and O–H groups in total. The lowest BCUT2D eigenvalue weighted by Crippen LogP contribution is -2.43. The third kappa shape index (κ3) is 3.64. The average Bonchev–Trinajstić information content (AvgIpc) is 3.09. The van der Waals surface area contributed by atoms with Crippen molar-refractivity contribution >= 4 is 18.7 Å². The second kappa shape index (κ2) is 7.98. The van der Waals surface area contributed by atoms with Crippen LogP contribution in [0, 0.1) is 0 Å². The van der Waals surface area contributed by atoms with Crippen LogP contribution in [0.5, 0.6) is 0 Å². The first-order chi connectivity index (χ1) is 10.3. The third-order valence-corrected chi connectivity index (χ3v) is 4.76. The molecule has 0 bridgehead atoms. The fraction of sp³-hybridized carbons (Fsp3) is 0.611. The number of rotatable bonds is 5. The molecule has 1 aliphatic carbocycles. The summed E-state index contributed by atoms with van der Waals surface area (Å²) in [4.78, 5) is 6.61. The van der Waals surface area contributed by atoms with Gasteiger partial charge in [0.2, 0.25) is 0 Å². The minimum Gasteiger partial charge on any atom is -0.347 e. The van der Waals surface area contributed by atoms with Crippen molar-refractivity contribution in [3.05, 3.63) is 35.9 Å². The lowest BCUT2D eigenvalue weighted by atomic mass is 9.79. The molecule has 0 radical (unpaired) electrons. The Labute approximate surface area is 140 Å². The first-order valence-corrected chi connectivity index (χ1v) is 8.33. The SMILES string of the molecule is CCC(OC1(c2ccccc2)CCCCC1)N1C=NCC1.Cl. The monoisotopic (exact) mass is 322 g/mol. The Balaban J connectivity index is 0.00000176. The zero-order chi connectivity index (χ0) is 14.5. The molecule has 1 heterocycles. The Morgan fingerprint density at radius 2 is 1.91 bits per heavy atom. The van der Waals surface area contributed by atoms with Gasteiger partial charge in [-0.15, -0.1) is 12.4 Å². The number of hydrogen-bond donors (Lipinski definition) is 0. The van der Waals surface area contributed by atoms with E-state index in [0.29, 0.717) is 0 Å². The normalized spacial score (nSPS) is 21.4. The van der Waals surface area contributed by atoms with Gasteiger partial charge in [-0.2, -0.15) is 0 Å². The first-order valence-electron chi connectivity index (χ1n) is 8.33. The van der Waals surface area contributed by atoms with E-state index in [1.54, 1.807) is 0 Å². The molecule has 3 rings (SSSR count). The van der Waals surface area contributed by atoms with E-state index in [1.807, 2.05) is 6.34 Å². The fourth-order valence-corrected chi connectivity index (χ4v) is 3.60. The molecule has 22 heavy (non-hydrogen) atoms. The van der Waals surface area contributed by atoms with Gasteiger partial charge < -0.3 is 9.64 Å². The van der Waals surface area contributed by atoms with E-state index >= 15 is 0 Å².